The van der Waals surface area contributed by atoms with Gasteiger partial charge in [0.2, 0.25) is 0 Å². The van der Waals surface area contributed by atoms with Crippen molar-refractivity contribution >= 4 is 11.5 Å². The molecule has 0 atom stereocenters. The first-order chi connectivity index (χ1) is 9.00. The minimum absolute atomic E-state index is 0.122. The number of amides is 1. The Labute approximate surface area is 108 Å². The Morgan fingerprint density at radius 2 is 2.21 bits per heavy atom. The fourth-order valence-electron chi connectivity index (χ4n) is 2.74. The largest absolute Gasteiger partial charge is 0.364 e. The average Bonchev–Trinajstić information content (AvgIpc) is 2.71. The van der Waals surface area contributed by atoms with E-state index in [9.17, 15) is 13.6 Å². The minimum Gasteiger partial charge on any atom is -0.364 e. The Bertz CT molecular complexity index is 613. The van der Waals surface area contributed by atoms with Crippen LogP contribution in [0.15, 0.2) is 17.7 Å². The van der Waals surface area contributed by atoms with E-state index in [1.165, 1.54) is 0 Å². The second kappa shape index (κ2) is 4.01. The van der Waals surface area contributed by atoms with Gasteiger partial charge in [0.05, 0.1) is 5.69 Å². The highest BCUT2D eigenvalue weighted by molar-refractivity contribution is 5.95. The number of rotatable bonds is 1. The van der Waals surface area contributed by atoms with Gasteiger partial charge in [-0.25, -0.2) is 8.78 Å². The van der Waals surface area contributed by atoms with Crippen LogP contribution < -0.4 is 5.73 Å². The van der Waals surface area contributed by atoms with E-state index < -0.39 is 11.8 Å². The molecule has 3 rings (SSSR count). The number of primary amides is 1. The molecule has 100 valence electrons. The van der Waals surface area contributed by atoms with Crippen molar-refractivity contribution in [3.05, 3.63) is 34.7 Å². The summed E-state index contributed by atoms with van der Waals surface area (Å²) in [7, 11) is 0. The van der Waals surface area contributed by atoms with E-state index in [1.54, 1.807) is 12.2 Å². The van der Waals surface area contributed by atoms with E-state index in [1.807, 2.05) is 0 Å². The van der Waals surface area contributed by atoms with Crippen LogP contribution in [0.2, 0.25) is 0 Å². The summed E-state index contributed by atoms with van der Waals surface area (Å²) in [5.41, 5.74) is 7.11. The highest BCUT2D eigenvalue weighted by atomic mass is 19.3. The lowest BCUT2D eigenvalue weighted by Crippen LogP contribution is -2.23. The van der Waals surface area contributed by atoms with Gasteiger partial charge in [-0.1, -0.05) is 12.2 Å². The number of hydrogen-bond donors (Lipinski definition) is 2. The summed E-state index contributed by atoms with van der Waals surface area (Å²) in [6.07, 6.45) is 4.17. The van der Waals surface area contributed by atoms with E-state index >= 15 is 0 Å². The second-order valence-corrected chi connectivity index (χ2v) is 4.83. The standard InChI is InChI=1S/C13H13F2N3O/c14-13(15)6-2-1-3-7-9(13)5-4-8-10(7)17-18-11(8)12(16)19/h1,3H,2,4-6H2,(H2,16,19)(H,17,18). The van der Waals surface area contributed by atoms with Gasteiger partial charge in [0.15, 0.2) is 0 Å². The lowest BCUT2D eigenvalue weighted by atomic mass is 9.85. The maximum absolute atomic E-state index is 14.0. The Morgan fingerprint density at radius 1 is 1.42 bits per heavy atom. The Morgan fingerprint density at radius 3 is 2.95 bits per heavy atom. The number of carbonyl (C=O) groups excluding carboxylic acids is 1. The number of aromatic amines is 1. The van der Waals surface area contributed by atoms with Gasteiger partial charge in [0.1, 0.15) is 5.69 Å². The van der Waals surface area contributed by atoms with Gasteiger partial charge in [-0.05, 0) is 19.3 Å². The molecular weight excluding hydrogens is 252 g/mol. The molecule has 3 N–H and O–H groups in total. The highest BCUT2D eigenvalue weighted by Gasteiger charge is 2.39. The first-order valence-electron chi connectivity index (χ1n) is 6.16. The lowest BCUT2D eigenvalue weighted by Gasteiger charge is -2.24. The molecule has 0 fully saturated rings. The maximum Gasteiger partial charge on any atom is 0.270 e. The van der Waals surface area contributed by atoms with Crippen LogP contribution in [0.3, 0.4) is 0 Å². The maximum atomic E-state index is 14.0. The van der Waals surface area contributed by atoms with Gasteiger partial charge < -0.3 is 5.73 Å². The summed E-state index contributed by atoms with van der Waals surface area (Å²) in [5.74, 6) is -3.41. The third-order valence-electron chi connectivity index (χ3n) is 3.67. The summed E-state index contributed by atoms with van der Waals surface area (Å²) < 4.78 is 28.1. The van der Waals surface area contributed by atoms with Crippen molar-refractivity contribution in [3.8, 4) is 0 Å². The van der Waals surface area contributed by atoms with E-state index in [0.717, 1.165) is 0 Å². The summed E-state index contributed by atoms with van der Waals surface area (Å²) in [4.78, 5) is 11.3. The quantitative estimate of drug-likeness (QED) is 0.817. The molecule has 1 amide bonds. The Balaban J connectivity index is 2.19. The third-order valence-corrected chi connectivity index (χ3v) is 3.67. The number of aromatic nitrogens is 2. The highest BCUT2D eigenvalue weighted by Crippen LogP contribution is 2.43. The number of alkyl halides is 2. The van der Waals surface area contributed by atoms with Crippen molar-refractivity contribution < 1.29 is 13.6 Å². The van der Waals surface area contributed by atoms with Crippen molar-refractivity contribution in [2.24, 2.45) is 5.73 Å². The normalized spacial score (nSPS) is 20.7. The molecule has 0 unspecified atom stereocenters. The average molecular weight is 265 g/mol. The van der Waals surface area contributed by atoms with Gasteiger partial charge in [-0.3, -0.25) is 9.89 Å². The number of nitrogens with zero attached hydrogens (tertiary/aromatic N) is 1. The van der Waals surface area contributed by atoms with E-state index in [2.05, 4.69) is 10.2 Å². The molecule has 1 aromatic rings. The van der Waals surface area contributed by atoms with Crippen LogP contribution in [0.5, 0.6) is 0 Å². The van der Waals surface area contributed by atoms with Gasteiger partial charge >= 0.3 is 0 Å². The molecule has 0 spiro atoms. The Hall–Kier alpha value is -1.98. The number of allylic oxidation sites excluding steroid dienone is 4. The van der Waals surface area contributed by atoms with Gasteiger partial charge in [0, 0.05) is 23.1 Å². The zero-order valence-corrected chi connectivity index (χ0v) is 10.2. The predicted octanol–water partition coefficient (Wildman–Crippen LogP) is 2.19. The fourth-order valence-corrected chi connectivity index (χ4v) is 2.74. The number of H-pyrrole nitrogens is 1. The fraction of sp³-hybridized carbons (Fsp3) is 0.385. The first kappa shape index (κ1) is 12.1. The van der Waals surface area contributed by atoms with Crippen LogP contribution in [-0.2, 0) is 6.42 Å². The summed E-state index contributed by atoms with van der Waals surface area (Å²) in [5, 5.41) is 6.56. The zero-order chi connectivity index (χ0) is 13.6. The summed E-state index contributed by atoms with van der Waals surface area (Å²) in [6, 6.07) is 0. The molecule has 0 aliphatic heterocycles. The van der Waals surface area contributed by atoms with Crippen molar-refractivity contribution in [1.29, 1.82) is 0 Å². The number of carbonyl (C=O) groups is 1. The van der Waals surface area contributed by atoms with Crippen LogP contribution in [0, 0.1) is 0 Å². The Kier molecular flexibility index (Phi) is 2.55. The van der Waals surface area contributed by atoms with Crippen molar-refractivity contribution in [2.75, 3.05) is 0 Å². The molecule has 2 aliphatic carbocycles. The number of hydrogen-bond acceptors (Lipinski definition) is 2. The van der Waals surface area contributed by atoms with Crippen molar-refractivity contribution in [2.45, 2.75) is 31.6 Å². The van der Waals surface area contributed by atoms with Gasteiger partial charge in [0.25, 0.3) is 11.8 Å². The molecule has 0 saturated carbocycles. The van der Waals surface area contributed by atoms with E-state index in [4.69, 9.17) is 5.73 Å². The smallest absolute Gasteiger partial charge is 0.270 e. The van der Waals surface area contributed by atoms with Gasteiger partial charge in [-0.15, -0.1) is 0 Å². The van der Waals surface area contributed by atoms with Gasteiger partial charge in [-0.2, -0.15) is 5.10 Å². The molecule has 6 heteroatoms. The van der Waals surface area contributed by atoms with Crippen LogP contribution in [0.4, 0.5) is 8.78 Å². The summed E-state index contributed by atoms with van der Waals surface area (Å²) in [6.45, 7) is 0. The van der Waals surface area contributed by atoms with E-state index in [0.29, 0.717) is 29.7 Å². The predicted molar refractivity (Wildman–Crippen MR) is 65.7 cm³/mol. The SMILES string of the molecule is NC(=O)c1[nH]nc2c1CCC1=C2C=CCCC1(F)F. The molecule has 0 aromatic carbocycles. The van der Waals surface area contributed by atoms with Crippen molar-refractivity contribution in [1.82, 2.24) is 10.2 Å². The molecular formula is C13H13F2N3O. The number of nitrogens with two attached hydrogens (primary N) is 1. The molecule has 19 heavy (non-hydrogen) atoms. The third kappa shape index (κ3) is 1.78. The molecule has 0 saturated heterocycles. The molecule has 2 aliphatic rings. The van der Waals surface area contributed by atoms with E-state index in [-0.39, 0.29) is 24.1 Å². The monoisotopic (exact) mass is 265 g/mol. The molecule has 4 nitrogen and oxygen atoms in total. The van der Waals surface area contributed by atoms with Crippen LogP contribution in [0.1, 0.15) is 41.0 Å². The zero-order valence-electron chi connectivity index (χ0n) is 10.2. The summed E-state index contributed by atoms with van der Waals surface area (Å²) >= 11 is 0. The van der Waals surface area contributed by atoms with Crippen LogP contribution in [0.25, 0.3) is 5.57 Å². The molecule has 0 radical (unpaired) electrons. The number of halogens is 2. The molecule has 1 heterocycles. The number of fused-ring (bicyclic) bond motifs is 2. The second-order valence-electron chi connectivity index (χ2n) is 4.83. The van der Waals surface area contributed by atoms with Crippen LogP contribution >= 0.6 is 0 Å². The van der Waals surface area contributed by atoms with Crippen molar-refractivity contribution in [3.63, 3.8) is 0 Å². The number of nitrogens with one attached hydrogen (secondary N) is 1. The lowest BCUT2D eigenvalue weighted by molar-refractivity contribution is 0.0310. The topological polar surface area (TPSA) is 71.8 Å². The molecule has 0 bridgehead atoms. The first-order valence-corrected chi connectivity index (χ1v) is 6.16. The minimum atomic E-state index is -2.80. The van der Waals surface area contributed by atoms with Crippen LogP contribution in [-0.4, -0.2) is 22.0 Å². The molecule has 1 aromatic heterocycles.